The normalized spacial score (nSPS) is 21.3. The summed E-state index contributed by atoms with van der Waals surface area (Å²) in [6, 6.07) is 7.22. The van der Waals surface area contributed by atoms with Crippen LogP contribution in [0.15, 0.2) is 24.3 Å². The molecule has 1 heterocycles. The third-order valence-electron chi connectivity index (χ3n) is 4.92. The zero-order chi connectivity index (χ0) is 19.5. The highest BCUT2D eigenvalue weighted by Crippen LogP contribution is 2.30. The summed E-state index contributed by atoms with van der Waals surface area (Å²) in [5.74, 6) is 0.0781. The van der Waals surface area contributed by atoms with Crippen LogP contribution in [-0.4, -0.2) is 41.5 Å². The number of esters is 1. The highest BCUT2D eigenvalue weighted by molar-refractivity contribution is 5.81. The molecule has 1 aliphatic heterocycles. The number of rotatable bonds is 6. The first-order valence-electron chi connectivity index (χ1n) is 9.54. The molecule has 5 heteroatoms. The van der Waals surface area contributed by atoms with E-state index < -0.39 is 17.7 Å². The lowest BCUT2D eigenvalue weighted by atomic mass is 9.92. The summed E-state index contributed by atoms with van der Waals surface area (Å²) in [6.07, 6.45) is 0.375. The molecule has 0 aliphatic carbocycles. The van der Waals surface area contributed by atoms with Crippen LogP contribution in [0.2, 0.25) is 0 Å². The van der Waals surface area contributed by atoms with Crippen LogP contribution in [0, 0.1) is 0 Å². The van der Waals surface area contributed by atoms with Crippen molar-refractivity contribution in [3.8, 4) is 0 Å². The van der Waals surface area contributed by atoms with Crippen LogP contribution in [0.1, 0.15) is 71.0 Å². The number of carbonyl (C=O) groups is 2. The van der Waals surface area contributed by atoms with Crippen molar-refractivity contribution in [1.29, 1.82) is 0 Å². The lowest BCUT2D eigenvalue weighted by Crippen LogP contribution is -2.60. The summed E-state index contributed by atoms with van der Waals surface area (Å²) in [6.45, 7) is 13.3. The van der Waals surface area contributed by atoms with E-state index >= 15 is 0 Å². The molecule has 0 spiro atoms. The number of hydrogen-bond acceptors (Lipinski definition) is 4. The van der Waals surface area contributed by atoms with Gasteiger partial charge in [0.05, 0.1) is 6.04 Å². The van der Waals surface area contributed by atoms with Crippen LogP contribution in [0.25, 0.3) is 0 Å². The van der Waals surface area contributed by atoms with Gasteiger partial charge in [-0.05, 0) is 37.4 Å². The Hall–Kier alpha value is -1.88. The summed E-state index contributed by atoms with van der Waals surface area (Å²) in [5.41, 5.74) is 1.63. The molecule has 1 aliphatic rings. The number of nitrogens with zero attached hydrogens (tertiary/aromatic N) is 1. The zero-order valence-electron chi connectivity index (χ0n) is 16.8. The molecule has 0 aromatic heterocycles. The van der Waals surface area contributed by atoms with Crippen molar-refractivity contribution in [2.24, 2.45) is 0 Å². The largest absolute Gasteiger partial charge is 0.457 e. The first-order chi connectivity index (χ1) is 12.2. The Bertz CT molecular complexity index is 637. The fourth-order valence-corrected chi connectivity index (χ4v) is 3.47. The molecular formula is C21H32N2O3. The maximum atomic E-state index is 12.8. The molecule has 26 heavy (non-hydrogen) atoms. The quantitative estimate of drug-likeness (QED) is 0.790. The minimum atomic E-state index is -0.523. The van der Waals surface area contributed by atoms with Gasteiger partial charge in [0.2, 0.25) is 5.91 Å². The highest BCUT2D eigenvalue weighted by atomic mass is 16.6. The molecule has 1 saturated heterocycles. The molecule has 2 rings (SSSR count). The van der Waals surface area contributed by atoms with Gasteiger partial charge in [0.15, 0.2) is 0 Å². The Morgan fingerprint density at radius 1 is 1.23 bits per heavy atom. The number of cyclic esters (lactones) is 1. The second-order valence-electron chi connectivity index (χ2n) is 7.91. The van der Waals surface area contributed by atoms with Gasteiger partial charge in [0.1, 0.15) is 11.6 Å². The molecule has 1 aromatic carbocycles. The van der Waals surface area contributed by atoms with Gasteiger partial charge in [-0.1, -0.05) is 52.0 Å². The third kappa shape index (κ3) is 4.64. The average Bonchev–Trinajstić information content (AvgIpc) is 2.58. The predicted octanol–water partition coefficient (Wildman–Crippen LogP) is 3.40. The number of ether oxygens (including phenoxy) is 1. The van der Waals surface area contributed by atoms with Gasteiger partial charge in [-0.2, -0.15) is 0 Å². The molecule has 1 N–H and O–H groups in total. The maximum Gasteiger partial charge on any atom is 0.326 e. The minimum Gasteiger partial charge on any atom is -0.457 e. The Morgan fingerprint density at radius 3 is 2.31 bits per heavy atom. The summed E-state index contributed by atoms with van der Waals surface area (Å²) in [4.78, 5) is 27.1. The summed E-state index contributed by atoms with van der Waals surface area (Å²) < 4.78 is 5.67. The number of benzene rings is 1. The number of hydrogen-bond donors (Lipinski definition) is 1. The molecule has 0 radical (unpaired) electrons. The molecule has 0 saturated carbocycles. The molecule has 5 nitrogen and oxygen atoms in total. The number of amides is 1. The lowest BCUT2D eigenvalue weighted by Gasteiger charge is -2.44. The van der Waals surface area contributed by atoms with E-state index in [1.165, 1.54) is 5.56 Å². The van der Waals surface area contributed by atoms with E-state index in [9.17, 15) is 9.59 Å². The predicted molar refractivity (Wildman–Crippen MR) is 103 cm³/mol. The molecule has 1 amide bonds. The van der Waals surface area contributed by atoms with Crippen LogP contribution >= 0.6 is 0 Å². The fourth-order valence-electron chi connectivity index (χ4n) is 3.47. The SMILES string of the molecule is CCC(=O)NC(c1ccc(C(C)C)cc1)C1C(=O)OC(C)(C)CN1CC. The summed E-state index contributed by atoms with van der Waals surface area (Å²) in [5, 5.41) is 3.04. The van der Waals surface area contributed by atoms with Crippen molar-refractivity contribution in [3.05, 3.63) is 35.4 Å². The highest BCUT2D eigenvalue weighted by Gasteiger charge is 2.44. The van der Waals surface area contributed by atoms with Crippen molar-refractivity contribution in [1.82, 2.24) is 10.2 Å². The van der Waals surface area contributed by atoms with Gasteiger partial charge in [0, 0.05) is 13.0 Å². The maximum absolute atomic E-state index is 12.8. The summed E-state index contributed by atoms with van der Waals surface area (Å²) in [7, 11) is 0. The second-order valence-corrected chi connectivity index (χ2v) is 7.91. The Morgan fingerprint density at radius 2 is 1.81 bits per heavy atom. The van der Waals surface area contributed by atoms with E-state index in [1.807, 2.05) is 39.8 Å². The van der Waals surface area contributed by atoms with E-state index in [1.54, 1.807) is 0 Å². The number of morpholine rings is 1. The standard InChI is InChI=1S/C21H32N2O3/c1-7-17(24)22-18(16-11-9-15(10-12-16)14(3)4)19-20(25)26-21(5,6)13-23(19)8-2/h9-12,14,18-19H,7-8,13H2,1-6H3,(H,22,24). The molecule has 1 aromatic rings. The van der Waals surface area contributed by atoms with Crippen molar-refractivity contribution < 1.29 is 14.3 Å². The second kappa shape index (κ2) is 8.21. The van der Waals surface area contributed by atoms with E-state index in [-0.39, 0.29) is 11.9 Å². The molecule has 0 bridgehead atoms. The number of carbonyl (C=O) groups excluding carboxylic acids is 2. The van der Waals surface area contributed by atoms with Gasteiger partial charge in [0.25, 0.3) is 0 Å². The van der Waals surface area contributed by atoms with Crippen LogP contribution in [0.4, 0.5) is 0 Å². The van der Waals surface area contributed by atoms with Crippen molar-refractivity contribution in [2.45, 2.75) is 71.6 Å². The zero-order valence-corrected chi connectivity index (χ0v) is 16.8. The average molecular weight is 360 g/mol. The Labute approximate surface area is 157 Å². The Balaban J connectivity index is 2.39. The minimum absolute atomic E-state index is 0.0726. The summed E-state index contributed by atoms with van der Waals surface area (Å²) >= 11 is 0. The van der Waals surface area contributed by atoms with E-state index in [0.29, 0.717) is 25.4 Å². The number of nitrogens with one attached hydrogen (secondary N) is 1. The molecule has 144 valence electrons. The fraction of sp³-hybridized carbons (Fsp3) is 0.619. The van der Waals surface area contributed by atoms with Gasteiger partial charge < -0.3 is 10.1 Å². The Kier molecular flexibility index (Phi) is 6.45. The first-order valence-corrected chi connectivity index (χ1v) is 9.54. The molecular weight excluding hydrogens is 328 g/mol. The van der Waals surface area contributed by atoms with Crippen molar-refractivity contribution in [3.63, 3.8) is 0 Å². The molecule has 1 fully saturated rings. The van der Waals surface area contributed by atoms with Crippen LogP contribution in [0.5, 0.6) is 0 Å². The van der Waals surface area contributed by atoms with E-state index in [0.717, 1.165) is 5.56 Å². The van der Waals surface area contributed by atoms with E-state index in [2.05, 4.69) is 36.2 Å². The van der Waals surface area contributed by atoms with Gasteiger partial charge in [-0.25, -0.2) is 0 Å². The monoisotopic (exact) mass is 360 g/mol. The topological polar surface area (TPSA) is 58.6 Å². The van der Waals surface area contributed by atoms with Gasteiger partial charge in [-0.3, -0.25) is 14.5 Å². The van der Waals surface area contributed by atoms with Gasteiger partial charge >= 0.3 is 5.97 Å². The third-order valence-corrected chi connectivity index (χ3v) is 4.92. The van der Waals surface area contributed by atoms with Crippen molar-refractivity contribution >= 4 is 11.9 Å². The van der Waals surface area contributed by atoms with Crippen LogP contribution < -0.4 is 5.32 Å². The number of likely N-dealkylation sites (N-methyl/N-ethyl adjacent to an activating group) is 1. The lowest BCUT2D eigenvalue weighted by molar-refractivity contribution is -0.179. The smallest absolute Gasteiger partial charge is 0.326 e. The molecule has 2 atom stereocenters. The van der Waals surface area contributed by atoms with Crippen LogP contribution in [-0.2, 0) is 14.3 Å². The van der Waals surface area contributed by atoms with Gasteiger partial charge in [-0.15, -0.1) is 0 Å². The van der Waals surface area contributed by atoms with Crippen LogP contribution in [0.3, 0.4) is 0 Å². The molecule has 2 unspecified atom stereocenters. The van der Waals surface area contributed by atoms with Crippen molar-refractivity contribution in [2.75, 3.05) is 13.1 Å². The first kappa shape index (κ1) is 20.4. The van der Waals surface area contributed by atoms with E-state index in [4.69, 9.17) is 4.74 Å².